The Morgan fingerprint density at radius 3 is 1.88 bits per heavy atom. The Labute approximate surface area is 145 Å². The molecular formula is C20H15N3O2. The van der Waals surface area contributed by atoms with E-state index in [-0.39, 0.29) is 5.69 Å². The van der Waals surface area contributed by atoms with E-state index in [1.807, 2.05) is 60.7 Å². The minimum Gasteiger partial charge on any atom is -0.258 e. The van der Waals surface area contributed by atoms with Crippen LogP contribution in [-0.4, -0.2) is 16.8 Å². The summed E-state index contributed by atoms with van der Waals surface area (Å²) in [5.41, 5.74) is 2.97. The SMILES string of the molecule is O=[N+]([O-])c1ccccc1/C=N\N=C(c1ccccc1)c1ccccc1. The standard InChI is InChI=1S/C20H15N3O2/c24-23(25)19-14-8-7-13-18(19)15-21-22-20(16-9-3-1-4-10-16)17-11-5-2-6-12-17/h1-15H/b21-15-. The summed E-state index contributed by atoms with van der Waals surface area (Å²) in [4.78, 5) is 10.6. The second-order valence-corrected chi connectivity index (χ2v) is 5.24. The van der Waals surface area contributed by atoms with Crippen LogP contribution in [0, 0.1) is 10.1 Å². The van der Waals surface area contributed by atoms with Crippen LogP contribution in [0.5, 0.6) is 0 Å². The molecule has 0 amide bonds. The maximum Gasteiger partial charge on any atom is 0.278 e. The molecule has 0 saturated heterocycles. The first-order valence-electron chi connectivity index (χ1n) is 7.71. The first-order chi connectivity index (χ1) is 12.3. The van der Waals surface area contributed by atoms with Crippen molar-refractivity contribution in [3.63, 3.8) is 0 Å². The van der Waals surface area contributed by atoms with Gasteiger partial charge in [-0.25, -0.2) is 0 Å². The summed E-state index contributed by atoms with van der Waals surface area (Å²) < 4.78 is 0. The lowest BCUT2D eigenvalue weighted by Gasteiger charge is -2.05. The van der Waals surface area contributed by atoms with Gasteiger partial charge in [-0.05, 0) is 6.07 Å². The summed E-state index contributed by atoms with van der Waals surface area (Å²) >= 11 is 0. The Balaban J connectivity index is 1.99. The number of para-hydroxylation sites is 1. The number of benzene rings is 3. The molecule has 0 atom stereocenters. The van der Waals surface area contributed by atoms with Crippen molar-refractivity contribution in [2.45, 2.75) is 0 Å². The van der Waals surface area contributed by atoms with Gasteiger partial charge in [-0.1, -0.05) is 72.8 Å². The molecule has 0 aliphatic carbocycles. The van der Waals surface area contributed by atoms with Gasteiger partial charge in [0.15, 0.2) is 0 Å². The fourth-order valence-electron chi connectivity index (χ4n) is 2.39. The zero-order valence-corrected chi connectivity index (χ0v) is 13.3. The third kappa shape index (κ3) is 4.03. The molecule has 0 heterocycles. The predicted molar refractivity (Wildman–Crippen MR) is 99.2 cm³/mol. The van der Waals surface area contributed by atoms with Crippen LogP contribution in [0.1, 0.15) is 16.7 Å². The van der Waals surface area contributed by atoms with Gasteiger partial charge in [0, 0.05) is 17.2 Å². The molecule has 0 saturated carbocycles. The molecule has 0 fully saturated rings. The van der Waals surface area contributed by atoms with Crippen LogP contribution >= 0.6 is 0 Å². The summed E-state index contributed by atoms with van der Waals surface area (Å²) in [6, 6.07) is 25.8. The maximum absolute atomic E-state index is 11.1. The molecule has 5 heteroatoms. The highest BCUT2D eigenvalue weighted by molar-refractivity contribution is 6.13. The number of nitrogens with zero attached hydrogens (tertiary/aromatic N) is 3. The minimum absolute atomic E-state index is 0.00224. The molecule has 0 bridgehead atoms. The van der Waals surface area contributed by atoms with Gasteiger partial charge in [0.1, 0.15) is 5.71 Å². The quantitative estimate of drug-likeness (QED) is 0.394. The fraction of sp³-hybridized carbons (Fsp3) is 0. The van der Waals surface area contributed by atoms with Crippen molar-refractivity contribution in [1.29, 1.82) is 0 Å². The van der Waals surface area contributed by atoms with Crippen molar-refractivity contribution >= 4 is 17.6 Å². The van der Waals surface area contributed by atoms with E-state index in [9.17, 15) is 10.1 Å². The lowest BCUT2D eigenvalue weighted by Crippen LogP contribution is -2.02. The molecule has 25 heavy (non-hydrogen) atoms. The maximum atomic E-state index is 11.1. The molecule has 0 N–H and O–H groups in total. The molecule has 0 spiro atoms. The average molecular weight is 329 g/mol. The number of nitro benzene ring substituents is 1. The van der Waals surface area contributed by atoms with Crippen LogP contribution in [-0.2, 0) is 0 Å². The third-order valence-corrected chi connectivity index (χ3v) is 3.58. The van der Waals surface area contributed by atoms with E-state index in [0.717, 1.165) is 11.1 Å². The smallest absolute Gasteiger partial charge is 0.258 e. The molecule has 0 aromatic heterocycles. The van der Waals surface area contributed by atoms with E-state index in [2.05, 4.69) is 10.2 Å². The number of hydrogen-bond donors (Lipinski definition) is 0. The summed E-state index contributed by atoms with van der Waals surface area (Å²) in [5, 5.41) is 19.5. The summed E-state index contributed by atoms with van der Waals surface area (Å²) in [7, 11) is 0. The van der Waals surface area contributed by atoms with Crippen molar-refractivity contribution in [2.24, 2.45) is 10.2 Å². The molecule has 3 rings (SSSR count). The average Bonchev–Trinajstić information content (AvgIpc) is 2.67. The van der Waals surface area contributed by atoms with Crippen molar-refractivity contribution < 1.29 is 4.92 Å². The van der Waals surface area contributed by atoms with Crippen molar-refractivity contribution in [3.05, 3.63) is 112 Å². The van der Waals surface area contributed by atoms with Crippen molar-refractivity contribution in [1.82, 2.24) is 0 Å². The highest BCUT2D eigenvalue weighted by atomic mass is 16.6. The van der Waals surface area contributed by atoms with Crippen LogP contribution in [0.25, 0.3) is 0 Å². The van der Waals surface area contributed by atoms with Gasteiger partial charge in [-0.2, -0.15) is 5.10 Å². The first-order valence-corrected chi connectivity index (χ1v) is 7.71. The van der Waals surface area contributed by atoms with Crippen LogP contribution < -0.4 is 0 Å². The minimum atomic E-state index is -0.430. The summed E-state index contributed by atoms with van der Waals surface area (Å²) in [6.45, 7) is 0. The van der Waals surface area contributed by atoms with Gasteiger partial charge in [0.2, 0.25) is 0 Å². The van der Waals surface area contributed by atoms with Gasteiger partial charge in [-0.3, -0.25) is 10.1 Å². The van der Waals surface area contributed by atoms with Gasteiger partial charge < -0.3 is 0 Å². The highest BCUT2D eigenvalue weighted by Gasteiger charge is 2.10. The van der Waals surface area contributed by atoms with E-state index < -0.39 is 4.92 Å². The van der Waals surface area contributed by atoms with Gasteiger partial charge in [-0.15, -0.1) is 5.10 Å². The Bertz CT molecular complexity index is 878. The van der Waals surface area contributed by atoms with Crippen molar-refractivity contribution in [3.8, 4) is 0 Å². The van der Waals surface area contributed by atoms with Crippen LogP contribution in [0.4, 0.5) is 5.69 Å². The van der Waals surface area contributed by atoms with E-state index in [0.29, 0.717) is 11.3 Å². The molecule has 0 unspecified atom stereocenters. The highest BCUT2D eigenvalue weighted by Crippen LogP contribution is 2.16. The lowest BCUT2D eigenvalue weighted by molar-refractivity contribution is -0.385. The van der Waals surface area contributed by atoms with Crippen molar-refractivity contribution in [2.75, 3.05) is 0 Å². The Morgan fingerprint density at radius 2 is 1.32 bits per heavy atom. The van der Waals surface area contributed by atoms with Gasteiger partial charge in [0.05, 0.1) is 16.7 Å². The van der Waals surface area contributed by atoms with Gasteiger partial charge in [0.25, 0.3) is 5.69 Å². The van der Waals surface area contributed by atoms with E-state index in [1.165, 1.54) is 12.3 Å². The lowest BCUT2D eigenvalue weighted by atomic mass is 10.0. The zero-order chi connectivity index (χ0) is 17.5. The molecule has 122 valence electrons. The first kappa shape index (κ1) is 16.3. The Kier molecular flexibility index (Phi) is 5.07. The summed E-state index contributed by atoms with van der Waals surface area (Å²) in [5.74, 6) is 0. The number of nitro groups is 1. The fourth-order valence-corrected chi connectivity index (χ4v) is 2.39. The number of hydrogen-bond acceptors (Lipinski definition) is 4. The van der Waals surface area contributed by atoms with Crippen LogP contribution in [0.15, 0.2) is 95.1 Å². The van der Waals surface area contributed by atoms with Crippen LogP contribution in [0.2, 0.25) is 0 Å². The molecule has 3 aromatic rings. The molecule has 0 aliphatic rings. The molecular weight excluding hydrogens is 314 g/mol. The van der Waals surface area contributed by atoms with E-state index in [1.54, 1.807) is 18.2 Å². The Hall–Kier alpha value is -3.60. The largest absolute Gasteiger partial charge is 0.278 e. The normalized spacial score (nSPS) is 10.6. The number of rotatable bonds is 5. The monoisotopic (exact) mass is 329 g/mol. The molecule has 3 aromatic carbocycles. The second-order valence-electron chi connectivity index (χ2n) is 5.24. The molecule has 0 radical (unpaired) electrons. The molecule has 0 aliphatic heterocycles. The second kappa shape index (κ2) is 7.79. The molecule has 5 nitrogen and oxygen atoms in total. The zero-order valence-electron chi connectivity index (χ0n) is 13.3. The van der Waals surface area contributed by atoms with E-state index >= 15 is 0 Å². The van der Waals surface area contributed by atoms with Gasteiger partial charge >= 0.3 is 0 Å². The van der Waals surface area contributed by atoms with E-state index in [4.69, 9.17) is 0 Å². The topological polar surface area (TPSA) is 67.9 Å². The Morgan fingerprint density at radius 1 is 0.800 bits per heavy atom. The predicted octanol–water partition coefficient (Wildman–Crippen LogP) is 4.47. The third-order valence-electron chi connectivity index (χ3n) is 3.58. The summed E-state index contributed by atoms with van der Waals surface area (Å²) in [6.07, 6.45) is 1.41. The van der Waals surface area contributed by atoms with Crippen LogP contribution in [0.3, 0.4) is 0 Å².